The molecule has 0 aliphatic rings. The zero-order valence-electron chi connectivity index (χ0n) is 19.4. The summed E-state index contributed by atoms with van der Waals surface area (Å²) in [6.45, 7) is 1.32. The molecular formula is C25H22F3N5O3. The highest BCUT2D eigenvalue weighted by Crippen LogP contribution is 2.28. The number of rotatable bonds is 8. The number of hydrogen-bond donors (Lipinski definition) is 2. The summed E-state index contributed by atoms with van der Waals surface area (Å²) in [5.41, 5.74) is 8.29. The van der Waals surface area contributed by atoms with E-state index in [4.69, 9.17) is 10.5 Å². The Morgan fingerprint density at radius 1 is 1.11 bits per heavy atom. The molecule has 1 amide bonds. The van der Waals surface area contributed by atoms with Gasteiger partial charge in [-0.1, -0.05) is 6.07 Å². The summed E-state index contributed by atoms with van der Waals surface area (Å²) in [6, 6.07) is 12.7. The van der Waals surface area contributed by atoms with E-state index in [0.29, 0.717) is 33.7 Å². The Bertz CT molecular complexity index is 1450. The number of hydrogen-bond acceptors (Lipinski definition) is 6. The molecule has 0 saturated carbocycles. The highest BCUT2D eigenvalue weighted by Gasteiger charge is 2.27. The maximum absolute atomic E-state index is 13.2. The van der Waals surface area contributed by atoms with Gasteiger partial charge in [-0.3, -0.25) is 9.59 Å². The van der Waals surface area contributed by atoms with Crippen LogP contribution in [-0.2, 0) is 0 Å². The minimum atomic E-state index is -4.35. The van der Waals surface area contributed by atoms with Gasteiger partial charge in [0.05, 0.1) is 31.1 Å². The lowest BCUT2D eigenvalue weighted by Crippen LogP contribution is -2.16. The summed E-state index contributed by atoms with van der Waals surface area (Å²) in [5.74, 6) is -0.437. The zero-order valence-corrected chi connectivity index (χ0v) is 19.4. The number of aryl methyl sites for hydroxylation is 1. The number of nitrogens with zero attached hydrogens (tertiary/aromatic N) is 3. The fourth-order valence-electron chi connectivity index (χ4n) is 3.73. The van der Waals surface area contributed by atoms with E-state index in [1.54, 1.807) is 49.4 Å². The first-order valence-corrected chi connectivity index (χ1v) is 10.9. The average Bonchev–Trinajstić information content (AvgIpc) is 3.27. The molecular weight excluding hydrogens is 475 g/mol. The molecule has 0 aliphatic carbocycles. The van der Waals surface area contributed by atoms with Crippen molar-refractivity contribution in [3.8, 4) is 17.0 Å². The van der Waals surface area contributed by atoms with Crippen LogP contribution in [0, 0.1) is 6.92 Å². The summed E-state index contributed by atoms with van der Waals surface area (Å²) in [4.78, 5) is 29.2. The molecule has 0 radical (unpaired) electrons. The van der Waals surface area contributed by atoms with Gasteiger partial charge >= 0.3 is 6.18 Å². The minimum Gasteiger partial charge on any atom is -0.497 e. The van der Waals surface area contributed by atoms with E-state index in [1.165, 1.54) is 23.9 Å². The number of ketones is 1. The maximum atomic E-state index is 13.2. The highest BCUT2D eigenvalue weighted by atomic mass is 19.4. The predicted molar refractivity (Wildman–Crippen MR) is 127 cm³/mol. The van der Waals surface area contributed by atoms with Crippen molar-refractivity contribution in [2.45, 2.75) is 19.5 Å². The highest BCUT2D eigenvalue weighted by molar-refractivity contribution is 6.08. The van der Waals surface area contributed by atoms with Crippen molar-refractivity contribution in [3.05, 3.63) is 77.1 Å². The second kappa shape index (κ2) is 9.68. The first kappa shape index (κ1) is 24.7. The van der Waals surface area contributed by atoms with E-state index < -0.39 is 30.8 Å². The van der Waals surface area contributed by atoms with E-state index in [-0.39, 0.29) is 17.0 Å². The quantitative estimate of drug-likeness (QED) is 0.349. The number of primary amides is 1. The number of ether oxygens (including phenoxy) is 1. The molecule has 4 rings (SSSR count). The molecule has 4 aromatic rings. The lowest BCUT2D eigenvalue weighted by molar-refractivity contribution is -0.131. The number of nitrogens with two attached hydrogens (primary N) is 1. The Balaban J connectivity index is 1.81. The van der Waals surface area contributed by atoms with Crippen LogP contribution in [0.5, 0.6) is 5.75 Å². The third kappa shape index (κ3) is 5.14. The zero-order chi connectivity index (χ0) is 26.0. The molecule has 0 saturated heterocycles. The molecule has 8 nitrogen and oxygen atoms in total. The SMILES string of the molecule is COc1ccc(C(=O)c2cc(NCCC(F)(F)F)c3ncc(-c4ccc(C(N)=O)c(C)c4)n3n2)cc1. The molecule has 2 heterocycles. The van der Waals surface area contributed by atoms with Gasteiger partial charge in [-0.15, -0.1) is 0 Å². The third-order valence-corrected chi connectivity index (χ3v) is 5.56. The first-order chi connectivity index (χ1) is 17.1. The fraction of sp³-hybridized carbons (Fsp3) is 0.200. The maximum Gasteiger partial charge on any atom is 0.390 e. The number of carbonyl (C=O) groups is 2. The van der Waals surface area contributed by atoms with Crippen molar-refractivity contribution in [2.24, 2.45) is 5.73 Å². The van der Waals surface area contributed by atoms with Crippen molar-refractivity contribution in [2.75, 3.05) is 19.0 Å². The Kier molecular flexibility index (Phi) is 6.65. The summed E-state index contributed by atoms with van der Waals surface area (Å²) in [7, 11) is 1.50. The number of fused-ring (bicyclic) bond motifs is 1. The van der Waals surface area contributed by atoms with Crippen LogP contribution in [0.1, 0.15) is 38.4 Å². The molecule has 0 atom stereocenters. The molecule has 36 heavy (non-hydrogen) atoms. The van der Waals surface area contributed by atoms with Crippen molar-refractivity contribution >= 4 is 23.0 Å². The van der Waals surface area contributed by atoms with E-state index in [9.17, 15) is 22.8 Å². The summed E-state index contributed by atoms with van der Waals surface area (Å²) >= 11 is 0. The van der Waals surface area contributed by atoms with Gasteiger partial charge in [0.1, 0.15) is 11.4 Å². The first-order valence-electron chi connectivity index (χ1n) is 10.9. The minimum absolute atomic E-state index is 0.00639. The number of imidazole rings is 1. The molecule has 0 aliphatic heterocycles. The van der Waals surface area contributed by atoms with Gasteiger partial charge in [-0.2, -0.15) is 18.3 Å². The fourth-order valence-corrected chi connectivity index (χ4v) is 3.73. The lowest BCUT2D eigenvalue weighted by atomic mass is 10.0. The number of methoxy groups -OCH3 is 1. The smallest absolute Gasteiger partial charge is 0.390 e. The number of amides is 1. The number of carbonyl (C=O) groups excluding carboxylic acids is 2. The molecule has 0 bridgehead atoms. The summed E-state index contributed by atoms with van der Waals surface area (Å²) < 4.78 is 44.8. The van der Waals surface area contributed by atoms with E-state index >= 15 is 0 Å². The van der Waals surface area contributed by atoms with Gasteiger partial charge in [0.2, 0.25) is 11.7 Å². The second-order valence-corrected chi connectivity index (χ2v) is 8.07. The average molecular weight is 497 g/mol. The predicted octanol–water partition coefficient (Wildman–Crippen LogP) is 4.41. The summed E-state index contributed by atoms with van der Waals surface area (Å²) in [6.07, 6.45) is -3.92. The lowest BCUT2D eigenvalue weighted by Gasteiger charge is -2.12. The van der Waals surface area contributed by atoms with Gasteiger partial charge < -0.3 is 15.8 Å². The normalized spacial score (nSPS) is 11.5. The molecule has 0 spiro atoms. The van der Waals surface area contributed by atoms with E-state index in [2.05, 4.69) is 15.4 Å². The summed E-state index contributed by atoms with van der Waals surface area (Å²) in [5, 5.41) is 7.19. The number of nitrogens with one attached hydrogen (secondary N) is 1. The van der Waals surface area contributed by atoms with E-state index in [0.717, 1.165) is 0 Å². The Morgan fingerprint density at radius 3 is 2.44 bits per heavy atom. The van der Waals surface area contributed by atoms with Crippen molar-refractivity contribution in [3.63, 3.8) is 0 Å². The monoisotopic (exact) mass is 497 g/mol. The van der Waals surface area contributed by atoms with Crippen molar-refractivity contribution in [1.29, 1.82) is 0 Å². The molecule has 11 heteroatoms. The van der Waals surface area contributed by atoms with Crippen LogP contribution in [0.15, 0.2) is 54.7 Å². The number of alkyl halides is 3. The molecule has 2 aromatic carbocycles. The Labute approximate surface area is 203 Å². The van der Waals surface area contributed by atoms with Crippen LogP contribution in [0.4, 0.5) is 18.9 Å². The topological polar surface area (TPSA) is 112 Å². The third-order valence-electron chi connectivity index (χ3n) is 5.56. The van der Waals surface area contributed by atoms with Gasteiger partial charge in [-0.25, -0.2) is 9.50 Å². The van der Waals surface area contributed by atoms with Crippen LogP contribution >= 0.6 is 0 Å². The number of benzene rings is 2. The number of halogens is 3. The number of aromatic nitrogens is 3. The van der Waals surface area contributed by atoms with Gasteiger partial charge in [-0.05, 0) is 55.0 Å². The molecule has 0 unspecified atom stereocenters. The Hall–Kier alpha value is -4.41. The molecule has 0 fully saturated rings. The van der Waals surface area contributed by atoms with Crippen LogP contribution in [0.2, 0.25) is 0 Å². The van der Waals surface area contributed by atoms with Crippen LogP contribution < -0.4 is 15.8 Å². The van der Waals surface area contributed by atoms with Gasteiger partial charge in [0, 0.05) is 23.2 Å². The van der Waals surface area contributed by atoms with Crippen LogP contribution in [0.3, 0.4) is 0 Å². The van der Waals surface area contributed by atoms with Gasteiger partial charge in [0.15, 0.2) is 5.65 Å². The number of anilines is 1. The standard InChI is InChI=1S/C25H22F3N5O3/c1-14-11-16(5-8-18(14)23(29)35)21-13-31-24-20(30-10-9-25(26,27)28)12-19(32-33(21)24)22(34)15-3-6-17(36-2)7-4-15/h3-8,11-13,30H,9-10H2,1-2H3,(H2,29,35). The largest absolute Gasteiger partial charge is 0.497 e. The molecule has 2 aromatic heterocycles. The van der Waals surface area contributed by atoms with Crippen LogP contribution in [-0.4, -0.2) is 46.1 Å². The second-order valence-electron chi connectivity index (χ2n) is 8.07. The Morgan fingerprint density at radius 2 is 1.83 bits per heavy atom. The van der Waals surface area contributed by atoms with Crippen LogP contribution in [0.25, 0.3) is 16.9 Å². The molecule has 3 N–H and O–H groups in total. The van der Waals surface area contributed by atoms with Gasteiger partial charge in [0.25, 0.3) is 0 Å². The molecule has 186 valence electrons. The van der Waals surface area contributed by atoms with Crippen molar-refractivity contribution in [1.82, 2.24) is 14.6 Å². The van der Waals surface area contributed by atoms with Crippen molar-refractivity contribution < 1.29 is 27.5 Å². The van der Waals surface area contributed by atoms with E-state index in [1.807, 2.05) is 0 Å².